The Labute approximate surface area is 197 Å². The maximum Gasteiger partial charge on any atom is 0.243 e. The number of thioether (sulfide) groups is 1. The third-order valence-electron chi connectivity index (χ3n) is 5.75. The molecule has 0 unspecified atom stereocenters. The molecule has 2 heterocycles. The quantitative estimate of drug-likeness (QED) is 0.377. The number of para-hydroxylation sites is 2. The number of Topliss-reactive ketones (excluding diaryl/α,β-unsaturated/α-hetero) is 1. The van der Waals surface area contributed by atoms with Gasteiger partial charge in [-0.1, -0.05) is 36.0 Å². The molecule has 3 aromatic rings. The number of hydrogen-bond acceptors (Lipinski definition) is 6. The minimum Gasteiger partial charge on any atom is -0.339 e. The number of nitrogens with zero attached hydrogens (tertiary/aromatic N) is 4. The summed E-state index contributed by atoms with van der Waals surface area (Å²) in [5, 5.41) is 0.808. The van der Waals surface area contributed by atoms with Crippen molar-refractivity contribution in [1.82, 2.24) is 18.8 Å². The van der Waals surface area contributed by atoms with Crippen LogP contribution in [0.3, 0.4) is 0 Å². The van der Waals surface area contributed by atoms with Gasteiger partial charge < -0.3 is 9.47 Å². The number of rotatable bonds is 7. The minimum atomic E-state index is -3.67. The molecule has 1 aliphatic rings. The molecule has 1 saturated heterocycles. The summed E-state index contributed by atoms with van der Waals surface area (Å²) in [5.74, 6) is 0.110. The van der Waals surface area contributed by atoms with Gasteiger partial charge in [-0.05, 0) is 38.1 Å². The van der Waals surface area contributed by atoms with Crippen LogP contribution < -0.4 is 0 Å². The number of carbonyl (C=O) groups excluding carboxylic acids is 2. The molecule has 0 spiro atoms. The van der Waals surface area contributed by atoms with Crippen LogP contribution in [0, 0.1) is 0 Å². The van der Waals surface area contributed by atoms with E-state index in [4.69, 9.17) is 0 Å². The summed E-state index contributed by atoms with van der Waals surface area (Å²) in [6.07, 6.45) is 0. The minimum absolute atomic E-state index is 0.0300. The first-order chi connectivity index (χ1) is 15.8. The van der Waals surface area contributed by atoms with E-state index in [-0.39, 0.29) is 35.4 Å². The van der Waals surface area contributed by atoms with E-state index >= 15 is 0 Å². The van der Waals surface area contributed by atoms with Gasteiger partial charge in [0.15, 0.2) is 10.9 Å². The zero-order valence-corrected chi connectivity index (χ0v) is 20.2. The number of amides is 1. The lowest BCUT2D eigenvalue weighted by atomic mass is 10.2. The van der Waals surface area contributed by atoms with Gasteiger partial charge in [0, 0.05) is 38.3 Å². The maximum atomic E-state index is 12.9. The number of benzene rings is 2. The van der Waals surface area contributed by atoms with Crippen molar-refractivity contribution in [2.75, 3.05) is 31.9 Å². The first-order valence-corrected chi connectivity index (χ1v) is 13.2. The van der Waals surface area contributed by atoms with E-state index in [2.05, 4.69) is 9.55 Å². The van der Waals surface area contributed by atoms with E-state index in [1.165, 1.54) is 47.3 Å². The molecule has 10 heteroatoms. The molecule has 0 atom stereocenters. The lowest BCUT2D eigenvalue weighted by Crippen LogP contribution is -2.51. The predicted octanol–water partition coefficient (Wildman–Crippen LogP) is 2.88. The summed E-state index contributed by atoms with van der Waals surface area (Å²) in [5.41, 5.74) is 2.42. The highest BCUT2D eigenvalue weighted by Gasteiger charge is 2.30. The van der Waals surface area contributed by atoms with Crippen molar-refractivity contribution < 1.29 is 18.0 Å². The third-order valence-corrected chi connectivity index (χ3v) is 8.62. The van der Waals surface area contributed by atoms with Crippen LogP contribution in [-0.2, 0) is 21.4 Å². The zero-order valence-electron chi connectivity index (χ0n) is 18.6. The van der Waals surface area contributed by atoms with E-state index in [0.29, 0.717) is 18.7 Å². The Balaban J connectivity index is 1.36. The van der Waals surface area contributed by atoms with Crippen LogP contribution in [0.1, 0.15) is 24.2 Å². The molecule has 0 bridgehead atoms. The second-order valence-corrected chi connectivity index (χ2v) is 10.7. The fourth-order valence-corrected chi connectivity index (χ4v) is 6.28. The molecular weight excluding hydrogens is 460 g/mol. The molecule has 8 nitrogen and oxygen atoms in total. The standard InChI is InChI=1S/C23H26N4O4S2/c1-3-27-21-7-5-4-6-20(21)24-23(27)32-16-22(29)25-12-14-26(15-13-25)33(30,31)19-10-8-18(9-11-19)17(2)28/h4-11H,3,12-16H2,1-2H3. The van der Waals surface area contributed by atoms with Crippen LogP contribution in [0.5, 0.6) is 0 Å². The molecule has 174 valence electrons. The molecule has 1 fully saturated rings. The van der Waals surface area contributed by atoms with E-state index in [0.717, 1.165) is 22.7 Å². The summed E-state index contributed by atoms with van der Waals surface area (Å²) in [7, 11) is -3.67. The van der Waals surface area contributed by atoms with Gasteiger partial charge in [0.1, 0.15) is 0 Å². The van der Waals surface area contributed by atoms with Crippen molar-refractivity contribution in [2.24, 2.45) is 0 Å². The van der Waals surface area contributed by atoms with Crippen molar-refractivity contribution in [2.45, 2.75) is 30.4 Å². The second kappa shape index (κ2) is 9.66. The smallest absolute Gasteiger partial charge is 0.243 e. The number of aryl methyl sites for hydroxylation is 1. The number of imidazole rings is 1. The summed E-state index contributed by atoms with van der Waals surface area (Å²) in [6.45, 7) is 5.41. The zero-order chi connectivity index (χ0) is 23.6. The number of piperazine rings is 1. The molecule has 0 N–H and O–H groups in total. The average Bonchev–Trinajstić information content (AvgIpc) is 3.20. The highest BCUT2D eigenvalue weighted by Crippen LogP contribution is 2.25. The Morgan fingerprint density at radius 2 is 1.67 bits per heavy atom. The van der Waals surface area contributed by atoms with E-state index in [1.54, 1.807) is 4.90 Å². The number of fused-ring (bicyclic) bond motifs is 1. The van der Waals surface area contributed by atoms with Gasteiger partial charge in [0.25, 0.3) is 0 Å². The fraction of sp³-hybridized carbons (Fsp3) is 0.348. The van der Waals surface area contributed by atoms with E-state index in [1.807, 2.05) is 31.2 Å². The van der Waals surface area contributed by atoms with E-state index < -0.39 is 10.0 Å². The monoisotopic (exact) mass is 486 g/mol. The summed E-state index contributed by atoms with van der Waals surface area (Å²) < 4.78 is 29.4. The topological polar surface area (TPSA) is 92.6 Å². The average molecular weight is 487 g/mol. The van der Waals surface area contributed by atoms with Crippen molar-refractivity contribution in [3.63, 3.8) is 0 Å². The van der Waals surface area contributed by atoms with Crippen molar-refractivity contribution in [1.29, 1.82) is 0 Å². The van der Waals surface area contributed by atoms with Gasteiger partial charge in [-0.25, -0.2) is 13.4 Å². The highest BCUT2D eigenvalue weighted by molar-refractivity contribution is 7.99. The van der Waals surface area contributed by atoms with Gasteiger partial charge in [0.05, 0.1) is 21.7 Å². The lowest BCUT2D eigenvalue weighted by molar-refractivity contribution is -0.129. The van der Waals surface area contributed by atoms with Crippen LogP contribution in [0.4, 0.5) is 0 Å². The number of hydrogen-bond donors (Lipinski definition) is 0. The Hall–Kier alpha value is -2.69. The van der Waals surface area contributed by atoms with Crippen LogP contribution in [0.25, 0.3) is 11.0 Å². The van der Waals surface area contributed by atoms with Gasteiger partial charge in [-0.15, -0.1) is 0 Å². The lowest BCUT2D eigenvalue weighted by Gasteiger charge is -2.34. The van der Waals surface area contributed by atoms with Gasteiger partial charge in [-0.3, -0.25) is 9.59 Å². The Bertz CT molecular complexity index is 1280. The van der Waals surface area contributed by atoms with Gasteiger partial charge in [0.2, 0.25) is 15.9 Å². The Kier molecular flexibility index (Phi) is 6.87. The summed E-state index contributed by atoms with van der Waals surface area (Å²) in [6, 6.07) is 13.9. The number of sulfonamides is 1. The number of ketones is 1. The molecule has 0 saturated carbocycles. The number of aromatic nitrogens is 2. The normalized spacial score (nSPS) is 15.2. The molecule has 1 aromatic heterocycles. The van der Waals surface area contributed by atoms with Gasteiger partial charge >= 0.3 is 0 Å². The van der Waals surface area contributed by atoms with E-state index in [9.17, 15) is 18.0 Å². The molecule has 2 aromatic carbocycles. The third kappa shape index (κ3) is 4.83. The highest BCUT2D eigenvalue weighted by atomic mass is 32.2. The molecule has 1 amide bonds. The van der Waals surface area contributed by atoms with Crippen molar-refractivity contribution >= 4 is 44.5 Å². The largest absolute Gasteiger partial charge is 0.339 e. The van der Waals surface area contributed by atoms with Crippen molar-refractivity contribution in [3.05, 3.63) is 54.1 Å². The summed E-state index contributed by atoms with van der Waals surface area (Å²) in [4.78, 5) is 30.7. The SMILES string of the molecule is CCn1c(SCC(=O)N2CCN(S(=O)(=O)c3ccc(C(C)=O)cc3)CC2)nc2ccccc21. The van der Waals surface area contributed by atoms with Crippen LogP contribution in [0.15, 0.2) is 58.6 Å². The summed E-state index contributed by atoms with van der Waals surface area (Å²) >= 11 is 1.41. The molecule has 1 aliphatic heterocycles. The second-order valence-electron chi connectivity index (χ2n) is 7.78. The van der Waals surface area contributed by atoms with Gasteiger partial charge in [-0.2, -0.15) is 4.31 Å². The molecule has 0 radical (unpaired) electrons. The first kappa shape index (κ1) is 23.5. The predicted molar refractivity (Wildman–Crippen MR) is 128 cm³/mol. The first-order valence-electron chi connectivity index (χ1n) is 10.8. The van der Waals surface area contributed by atoms with Crippen LogP contribution in [0.2, 0.25) is 0 Å². The maximum absolute atomic E-state index is 12.9. The Morgan fingerprint density at radius 3 is 2.30 bits per heavy atom. The van der Waals surface area contributed by atoms with Crippen LogP contribution in [-0.4, -0.2) is 70.8 Å². The molecular formula is C23H26N4O4S2. The molecule has 0 aliphatic carbocycles. The molecule has 33 heavy (non-hydrogen) atoms. The van der Waals surface area contributed by atoms with Crippen molar-refractivity contribution in [3.8, 4) is 0 Å². The Morgan fingerprint density at radius 1 is 1.00 bits per heavy atom. The fourth-order valence-electron chi connectivity index (χ4n) is 3.88. The van der Waals surface area contributed by atoms with Crippen LogP contribution >= 0.6 is 11.8 Å². The molecule has 4 rings (SSSR count). The number of carbonyl (C=O) groups is 2.